The minimum Gasteiger partial charge on any atom is -0.462 e. The Labute approximate surface area is 157 Å². The van der Waals surface area contributed by atoms with Crippen LogP contribution in [-0.4, -0.2) is 39.4 Å². The highest BCUT2D eigenvalue weighted by molar-refractivity contribution is 6.02. The molecule has 0 aliphatic carbocycles. The molecule has 2 aromatic heterocycles. The van der Waals surface area contributed by atoms with Crippen molar-refractivity contribution in [2.24, 2.45) is 0 Å². The summed E-state index contributed by atoms with van der Waals surface area (Å²) in [5.74, 6) is -3.48. The Hall–Kier alpha value is -3.43. The van der Waals surface area contributed by atoms with E-state index in [1.54, 1.807) is 37.4 Å². The number of anilines is 1. The Kier molecular flexibility index (Phi) is 5.04. The highest BCUT2D eigenvalue weighted by Crippen LogP contribution is 2.26. The standard InChI is InChI=1S/C18H15F3N4O3/c1-3-28-16(26)12-9-22-25(15(12)24-17(27)18(19,20)21)14-8-10(2)11-6-4-5-7-13(11)23-14/h4-9H,3H2,1-2H3,(H,24,27). The van der Waals surface area contributed by atoms with Crippen molar-refractivity contribution in [2.45, 2.75) is 20.0 Å². The number of hydrogen-bond donors (Lipinski definition) is 1. The maximum absolute atomic E-state index is 12.8. The molecule has 0 aliphatic rings. The first kappa shape index (κ1) is 19.3. The molecular formula is C18H15F3N4O3. The zero-order chi connectivity index (χ0) is 20.5. The highest BCUT2D eigenvalue weighted by atomic mass is 19.4. The molecule has 7 nitrogen and oxygen atoms in total. The highest BCUT2D eigenvalue weighted by Gasteiger charge is 2.40. The number of pyridine rings is 1. The number of carbonyl (C=O) groups excluding carboxylic acids is 2. The van der Waals surface area contributed by atoms with Gasteiger partial charge in [0.25, 0.3) is 0 Å². The van der Waals surface area contributed by atoms with Gasteiger partial charge in [-0.2, -0.15) is 23.0 Å². The molecule has 3 rings (SSSR count). The molecule has 0 spiro atoms. The van der Waals surface area contributed by atoms with Crippen molar-refractivity contribution in [3.05, 3.63) is 47.7 Å². The molecule has 0 saturated heterocycles. The minimum absolute atomic E-state index is 0.00397. The van der Waals surface area contributed by atoms with E-state index in [1.165, 1.54) is 0 Å². The van der Waals surface area contributed by atoms with E-state index in [0.29, 0.717) is 5.52 Å². The number of aromatic nitrogens is 3. The molecule has 0 radical (unpaired) electrons. The molecule has 1 amide bonds. The summed E-state index contributed by atoms with van der Waals surface area (Å²) >= 11 is 0. The number of fused-ring (bicyclic) bond motifs is 1. The van der Waals surface area contributed by atoms with Gasteiger partial charge in [0.1, 0.15) is 5.56 Å². The zero-order valence-electron chi connectivity index (χ0n) is 14.9. The molecular weight excluding hydrogens is 377 g/mol. The van der Waals surface area contributed by atoms with E-state index in [9.17, 15) is 22.8 Å². The van der Waals surface area contributed by atoms with Gasteiger partial charge in [0, 0.05) is 5.39 Å². The lowest BCUT2D eigenvalue weighted by Gasteiger charge is -2.13. The van der Waals surface area contributed by atoms with Crippen LogP contribution in [0.1, 0.15) is 22.8 Å². The Morgan fingerprint density at radius 2 is 1.96 bits per heavy atom. The predicted octanol–water partition coefficient (Wildman–Crippen LogP) is 3.41. The van der Waals surface area contributed by atoms with Crippen LogP contribution in [0.15, 0.2) is 36.5 Å². The van der Waals surface area contributed by atoms with Crippen molar-refractivity contribution in [2.75, 3.05) is 11.9 Å². The Bertz CT molecular complexity index is 1060. The molecule has 1 N–H and O–H groups in total. The van der Waals surface area contributed by atoms with E-state index in [-0.39, 0.29) is 18.0 Å². The van der Waals surface area contributed by atoms with Crippen LogP contribution < -0.4 is 5.32 Å². The van der Waals surface area contributed by atoms with Crippen molar-refractivity contribution >= 4 is 28.6 Å². The second-order valence-electron chi connectivity index (χ2n) is 5.81. The number of carbonyl (C=O) groups is 2. The van der Waals surface area contributed by atoms with Gasteiger partial charge in [-0.15, -0.1) is 0 Å². The summed E-state index contributed by atoms with van der Waals surface area (Å²) in [4.78, 5) is 27.9. The predicted molar refractivity (Wildman–Crippen MR) is 94.2 cm³/mol. The summed E-state index contributed by atoms with van der Waals surface area (Å²) in [5.41, 5.74) is 1.06. The number of halogens is 3. The quantitative estimate of drug-likeness (QED) is 0.688. The van der Waals surface area contributed by atoms with Crippen LogP contribution in [0.4, 0.5) is 19.0 Å². The maximum Gasteiger partial charge on any atom is 0.471 e. The number of benzene rings is 1. The van der Waals surface area contributed by atoms with Crippen molar-refractivity contribution in [1.29, 1.82) is 0 Å². The molecule has 28 heavy (non-hydrogen) atoms. The van der Waals surface area contributed by atoms with Crippen LogP contribution in [0, 0.1) is 6.92 Å². The lowest BCUT2D eigenvalue weighted by atomic mass is 10.1. The fraction of sp³-hybridized carbons (Fsp3) is 0.222. The van der Waals surface area contributed by atoms with Gasteiger partial charge < -0.3 is 10.1 Å². The summed E-state index contributed by atoms with van der Waals surface area (Å²) in [7, 11) is 0. The van der Waals surface area contributed by atoms with Gasteiger partial charge in [-0.05, 0) is 31.5 Å². The van der Waals surface area contributed by atoms with Gasteiger partial charge in [-0.1, -0.05) is 18.2 Å². The van der Waals surface area contributed by atoms with Crippen molar-refractivity contribution in [3.8, 4) is 5.82 Å². The summed E-state index contributed by atoms with van der Waals surface area (Å²) in [5, 5.41) is 6.50. The number of amides is 1. The van der Waals surface area contributed by atoms with Gasteiger partial charge in [-0.25, -0.2) is 9.78 Å². The maximum atomic E-state index is 12.8. The Balaban J connectivity index is 2.15. The molecule has 2 heterocycles. The molecule has 146 valence electrons. The fourth-order valence-electron chi connectivity index (χ4n) is 2.62. The third kappa shape index (κ3) is 3.66. The lowest BCUT2D eigenvalue weighted by molar-refractivity contribution is -0.167. The van der Waals surface area contributed by atoms with Crippen LogP contribution in [0.5, 0.6) is 0 Å². The van der Waals surface area contributed by atoms with E-state index < -0.39 is 23.9 Å². The summed E-state index contributed by atoms with van der Waals surface area (Å²) < 4.78 is 44.1. The number of aryl methyl sites for hydroxylation is 1. The van der Waals surface area contributed by atoms with Crippen molar-refractivity contribution in [1.82, 2.24) is 14.8 Å². The second kappa shape index (κ2) is 7.29. The van der Waals surface area contributed by atoms with E-state index >= 15 is 0 Å². The van der Waals surface area contributed by atoms with Gasteiger partial charge in [0.05, 0.1) is 18.3 Å². The molecule has 1 aromatic carbocycles. The van der Waals surface area contributed by atoms with Gasteiger partial charge >= 0.3 is 18.1 Å². The number of nitrogens with zero attached hydrogens (tertiary/aromatic N) is 3. The lowest BCUT2D eigenvalue weighted by Crippen LogP contribution is -2.31. The monoisotopic (exact) mass is 392 g/mol. The molecule has 0 fully saturated rings. The van der Waals surface area contributed by atoms with Crippen LogP contribution >= 0.6 is 0 Å². The van der Waals surface area contributed by atoms with E-state index in [4.69, 9.17) is 4.74 Å². The first-order valence-corrected chi connectivity index (χ1v) is 8.22. The third-order valence-corrected chi connectivity index (χ3v) is 3.88. The largest absolute Gasteiger partial charge is 0.471 e. The van der Waals surface area contributed by atoms with Gasteiger partial charge in [0.15, 0.2) is 11.6 Å². The van der Waals surface area contributed by atoms with Crippen LogP contribution in [0.3, 0.4) is 0 Å². The average Bonchev–Trinajstić information content (AvgIpc) is 3.05. The Morgan fingerprint density at radius 1 is 1.25 bits per heavy atom. The molecule has 0 bridgehead atoms. The smallest absolute Gasteiger partial charge is 0.462 e. The third-order valence-electron chi connectivity index (χ3n) is 3.88. The molecule has 0 atom stereocenters. The zero-order valence-corrected chi connectivity index (χ0v) is 14.9. The minimum atomic E-state index is -5.15. The fourth-order valence-corrected chi connectivity index (χ4v) is 2.62. The summed E-state index contributed by atoms with van der Waals surface area (Å²) in [6.07, 6.45) is -4.12. The number of para-hydroxylation sites is 1. The molecule has 0 unspecified atom stereocenters. The number of nitrogens with one attached hydrogen (secondary N) is 1. The molecule has 0 aliphatic heterocycles. The molecule has 3 aromatic rings. The number of ether oxygens (including phenoxy) is 1. The van der Waals surface area contributed by atoms with E-state index in [0.717, 1.165) is 21.8 Å². The first-order chi connectivity index (χ1) is 13.2. The second-order valence-corrected chi connectivity index (χ2v) is 5.81. The first-order valence-electron chi connectivity index (χ1n) is 8.22. The summed E-state index contributed by atoms with van der Waals surface area (Å²) in [6, 6.07) is 8.76. The molecule has 0 saturated carbocycles. The van der Waals surface area contributed by atoms with E-state index in [2.05, 4.69) is 10.1 Å². The topological polar surface area (TPSA) is 86.1 Å². The number of rotatable bonds is 4. The van der Waals surface area contributed by atoms with Gasteiger partial charge in [-0.3, -0.25) is 4.79 Å². The average molecular weight is 392 g/mol. The Morgan fingerprint density at radius 3 is 2.64 bits per heavy atom. The van der Waals surface area contributed by atoms with Crippen LogP contribution in [0.2, 0.25) is 0 Å². The van der Waals surface area contributed by atoms with Crippen LogP contribution in [-0.2, 0) is 9.53 Å². The van der Waals surface area contributed by atoms with Crippen molar-refractivity contribution < 1.29 is 27.5 Å². The van der Waals surface area contributed by atoms with Crippen molar-refractivity contribution in [3.63, 3.8) is 0 Å². The van der Waals surface area contributed by atoms with Gasteiger partial charge in [0.2, 0.25) is 0 Å². The number of hydrogen-bond acceptors (Lipinski definition) is 5. The number of alkyl halides is 3. The summed E-state index contributed by atoms with van der Waals surface area (Å²) in [6.45, 7) is 3.35. The normalized spacial score (nSPS) is 11.5. The molecule has 10 heteroatoms. The SMILES string of the molecule is CCOC(=O)c1cnn(-c2cc(C)c3ccccc3n2)c1NC(=O)C(F)(F)F. The number of esters is 1. The van der Waals surface area contributed by atoms with Crippen LogP contribution in [0.25, 0.3) is 16.7 Å². The van der Waals surface area contributed by atoms with E-state index in [1.807, 2.05) is 12.1 Å².